The molecular formula is C21H30FN3O3. The highest BCUT2D eigenvalue weighted by Gasteiger charge is 2.32. The van der Waals surface area contributed by atoms with E-state index in [0.29, 0.717) is 18.7 Å². The summed E-state index contributed by atoms with van der Waals surface area (Å²) in [5.41, 5.74) is 0.722. The molecule has 0 aliphatic carbocycles. The van der Waals surface area contributed by atoms with E-state index in [1.807, 2.05) is 0 Å². The van der Waals surface area contributed by atoms with Gasteiger partial charge in [-0.15, -0.1) is 0 Å². The van der Waals surface area contributed by atoms with Crippen molar-refractivity contribution in [2.24, 2.45) is 5.41 Å². The molecule has 28 heavy (non-hydrogen) atoms. The van der Waals surface area contributed by atoms with Gasteiger partial charge in [0, 0.05) is 37.7 Å². The number of benzene rings is 1. The second kappa shape index (κ2) is 8.47. The molecule has 3 N–H and O–H groups in total. The van der Waals surface area contributed by atoms with Gasteiger partial charge in [-0.2, -0.15) is 0 Å². The van der Waals surface area contributed by atoms with Gasteiger partial charge in [0.15, 0.2) is 0 Å². The highest BCUT2D eigenvalue weighted by atomic mass is 19.1. The summed E-state index contributed by atoms with van der Waals surface area (Å²) in [5.74, 6) is -1.81. The highest BCUT2D eigenvalue weighted by molar-refractivity contribution is 6.35. The van der Waals surface area contributed by atoms with E-state index in [1.165, 1.54) is 12.1 Å². The molecule has 6 nitrogen and oxygen atoms in total. The molecule has 3 rings (SSSR count). The van der Waals surface area contributed by atoms with E-state index in [9.17, 15) is 19.1 Å². The van der Waals surface area contributed by atoms with Gasteiger partial charge in [0.2, 0.25) is 0 Å². The molecule has 2 aliphatic heterocycles. The number of carbonyl (C=O) groups excluding carboxylic acids is 2. The summed E-state index contributed by atoms with van der Waals surface area (Å²) in [4.78, 5) is 26.8. The lowest BCUT2D eigenvalue weighted by Crippen LogP contribution is -2.49. The van der Waals surface area contributed by atoms with Crippen LogP contribution in [0.15, 0.2) is 18.2 Å². The second-order valence-electron chi connectivity index (χ2n) is 8.84. The molecule has 0 spiro atoms. The third-order valence-electron chi connectivity index (χ3n) is 5.69. The van der Waals surface area contributed by atoms with Crippen LogP contribution in [0.25, 0.3) is 0 Å². The molecule has 2 unspecified atom stereocenters. The number of amides is 2. The van der Waals surface area contributed by atoms with Crippen molar-refractivity contribution in [1.82, 2.24) is 15.5 Å². The quantitative estimate of drug-likeness (QED) is 0.675. The number of carbonyl (C=O) groups is 2. The fourth-order valence-corrected chi connectivity index (χ4v) is 4.32. The number of phenolic OH excluding ortho intramolecular Hbond substituents is 1. The van der Waals surface area contributed by atoms with E-state index in [1.54, 1.807) is 4.90 Å². The molecule has 1 aromatic rings. The number of nitrogens with one attached hydrogen (secondary N) is 2. The van der Waals surface area contributed by atoms with Crippen LogP contribution in [0.5, 0.6) is 5.75 Å². The molecule has 2 heterocycles. The normalized spacial score (nSPS) is 25.0. The molecule has 154 valence electrons. The Labute approximate surface area is 165 Å². The highest BCUT2D eigenvalue weighted by Crippen LogP contribution is 2.30. The van der Waals surface area contributed by atoms with Crippen molar-refractivity contribution in [3.05, 3.63) is 29.6 Å². The Kier molecular flexibility index (Phi) is 6.23. The molecular weight excluding hydrogens is 361 g/mol. The summed E-state index contributed by atoms with van der Waals surface area (Å²) in [6, 6.07) is 3.95. The van der Waals surface area contributed by atoms with Crippen LogP contribution in [0.4, 0.5) is 4.39 Å². The van der Waals surface area contributed by atoms with Gasteiger partial charge in [0.1, 0.15) is 11.6 Å². The predicted octanol–water partition coefficient (Wildman–Crippen LogP) is 2.13. The lowest BCUT2D eigenvalue weighted by molar-refractivity contribution is -0.147. The predicted molar refractivity (Wildman–Crippen MR) is 104 cm³/mol. The Balaban J connectivity index is 1.62. The van der Waals surface area contributed by atoms with Crippen LogP contribution in [0.3, 0.4) is 0 Å². The van der Waals surface area contributed by atoms with Crippen molar-refractivity contribution >= 4 is 11.8 Å². The van der Waals surface area contributed by atoms with Gasteiger partial charge in [0.25, 0.3) is 0 Å². The number of hydrogen-bond donors (Lipinski definition) is 3. The summed E-state index contributed by atoms with van der Waals surface area (Å²) in [6.45, 7) is 6.87. The number of aromatic hydroxyl groups is 1. The zero-order valence-electron chi connectivity index (χ0n) is 16.6. The molecule has 2 atom stereocenters. The first kappa shape index (κ1) is 20.6. The maximum Gasteiger partial charge on any atom is 0.311 e. The minimum absolute atomic E-state index is 0.0257. The summed E-state index contributed by atoms with van der Waals surface area (Å²) in [7, 11) is 0. The zero-order chi connectivity index (χ0) is 20.3. The van der Waals surface area contributed by atoms with E-state index in [2.05, 4.69) is 24.5 Å². The van der Waals surface area contributed by atoms with Crippen molar-refractivity contribution in [2.75, 3.05) is 26.2 Å². The third kappa shape index (κ3) is 5.22. The average Bonchev–Trinajstić information content (AvgIpc) is 2.80. The Hall–Kier alpha value is -2.15. The molecule has 0 bridgehead atoms. The van der Waals surface area contributed by atoms with Crippen LogP contribution < -0.4 is 10.6 Å². The van der Waals surface area contributed by atoms with E-state index in [-0.39, 0.29) is 23.1 Å². The molecule has 2 amide bonds. The fourth-order valence-electron chi connectivity index (χ4n) is 4.32. The molecule has 1 aromatic carbocycles. The molecule has 0 radical (unpaired) electrons. The van der Waals surface area contributed by atoms with Crippen molar-refractivity contribution in [3.63, 3.8) is 0 Å². The molecule has 2 saturated heterocycles. The van der Waals surface area contributed by atoms with Gasteiger partial charge in [-0.05, 0) is 55.3 Å². The largest absolute Gasteiger partial charge is 0.508 e. The smallest absolute Gasteiger partial charge is 0.311 e. The van der Waals surface area contributed by atoms with Crippen LogP contribution >= 0.6 is 0 Å². The van der Waals surface area contributed by atoms with E-state index < -0.39 is 17.6 Å². The number of piperidine rings is 1. The standard InChI is InChI=1S/C21H30FN3O3/c1-21(2)11-17(5-6-23-13-21)24-19(27)20(28)25-7-3-4-14(12-25)15-8-16(22)10-18(26)9-15/h8-10,14,17,23,26H,3-7,11-13H2,1-2H3,(H,24,27). The fraction of sp³-hybridized carbons (Fsp3) is 0.619. The molecule has 7 heteroatoms. The van der Waals surface area contributed by atoms with Crippen molar-refractivity contribution in [3.8, 4) is 5.75 Å². The second-order valence-corrected chi connectivity index (χ2v) is 8.84. The van der Waals surface area contributed by atoms with Gasteiger partial charge in [-0.3, -0.25) is 9.59 Å². The zero-order valence-corrected chi connectivity index (χ0v) is 16.6. The number of rotatable bonds is 2. The molecule has 2 fully saturated rings. The van der Waals surface area contributed by atoms with Crippen molar-refractivity contribution in [1.29, 1.82) is 0 Å². The summed E-state index contributed by atoms with van der Waals surface area (Å²) < 4.78 is 13.6. The molecule has 0 saturated carbocycles. The topological polar surface area (TPSA) is 81.7 Å². The first-order valence-corrected chi connectivity index (χ1v) is 10.0. The number of likely N-dealkylation sites (tertiary alicyclic amines) is 1. The maximum absolute atomic E-state index is 13.6. The average molecular weight is 391 g/mol. The minimum Gasteiger partial charge on any atom is -0.508 e. The minimum atomic E-state index is -0.564. The van der Waals surface area contributed by atoms with Gasteiger partial charge in [-0.25, -0.2) is 4.39 Å². The number of phenols is 1. The van der Waals surface area contributed by atoms with Gasteiger partial charge in [0.05, 0.1) is 0 Å². The maximum atomic E-state index is 13.6. The van der Waals surface area contributed by atoms with Gasteiger partial charge in [-0.1, -0.05) is 13.8 Å². The van der Waals surface area contributed by atoms with Crippen LogP contribution in [0, 0.1) is 11.2 Å². The Bertz CT molecular complexity index is 717. The Morgan fingerprint density at radius 2 is 2.07 bits per heavy atom. The summed E-state index contributed by atoms with van der Waals surface area (Å²) >= 11 is 0. The van der Waals surface area contributed by atoms with E-state index in [4.69, 9.17) is 0 Å². The summed E-state index contributed by atoms with van der Waals surface area (Å²) in [5, 5.41) is 15.9. The van der Waals surface area contributed by atoms with Gasteiger partial charge < -0.3 is 20.6 Å². The molecule has 0 aromatic heterocycles. The van der Waals surface area contributed by atoms with Crippen molar-refractivity contribution in [2.45, 2.75) is 51.5 Å². The van der Waals surface area contributed by atoms with E-state index in [0.717, 1.165) is 44.8 Å². The number of halogens is 1. The number of nitrogens with zero attached hydrogens (tertiary/aromatic N) is 1. The lowest BCUT2D eigenvalue weighted by Gasteiger charge is -2.33. The Morgan fingerprint density at radius 3 is 2.82 bits per heavy atom. The van der Waals surface area contributed by atoms with Crippen LogP contribution in [-0.2, 0) is 9.59 Å². The first-order valence-electron chi connectivity index (χ1n) is 10.0. The molecule has 2 aliphatic rings. The monoisotopic (exact) mass is 391 g/mol. The SMILES string of the molecule is CC1(C)CNCCC(NC(=O)C(=O)N2CCCC(c3cc(O)cc(F)c3)C2)C1. The Morgan fingerprint density at radius 1 is 1.29 bits per heavy atom. The van der Waals surface area contributed by atoms with E-state index >= 15 is 0 Å². The van der Waals surface area contributed by atoms with Gasteiger partial charge >= 0.3 is 11.8 Å². The van der Waals surface area contributed by atoms with Crippen molar-refractivity contribution < 1.29 is 19.1 Å². The summed E-state index contributed by atoms with van der Waals surface area (Å²) in [6.07, 6.45) is 3.15. The van der Waals surface area contributed by atoms with Crippen LogP contribution in [-0.4, -0.2) is 54.0 Å². The number of hydrogen-bond acceptors (Lipinski definition) is 4. The first-order chi connectivity index (χ1) is 13.2. The third-order valence-corrected chi connectivity index (χ3v) is 5.69. The van der Waals surface area contributed by atoms with Crippen LogP contribution in [0.2, 0.25) is 0 Å². The van der Waals surface area contributed by atoms with Crippen LogP contribution in [0.1, 0.15) is 51.0 Å². The lowest BCUT2D eigenvalue weighted by atomic mass is 9.86.